The van der Waals surface area contributed by atoms with Gasteiger partial charge in [0.05, 0.1) is 6.10 Å². The fraction of sp³-hybridized carbons (Fsp3) is 0.688. The normalized spacial score (nSPS) is 24.6. The summed E-state index contributed by atoms with van der Waals surface area (Å²) in [6.45, 7) is 2.68. The Labute approximate surface area is 134 Å². The van der Waals surface area contributed by atoms with Gasteiger partial charge in [-0.3, -0.25) is 13.9 Å². The van der Waals surface area contributed by atoms with E-state index < -0.39 is 11.2 Å². The van der Waals surface area contributed by atoms with Crippen LogP contribution in [0.15, 0.2) is 9.59 Å². The second-order valence-corrected chi connectivity index (χ2v) is 6.50. The monoisotopic (exact) mass is 318 g/mol. The molecule has 0 unspecified atom stereocenters. The van der Waals surface area contributed by atoms with Crippen LogP contribution < -0.4 is 16.6 Å². The van der Waals surface area contributed by atoms with Crippen molar-refractivity contribution in [2.75, 3.05) is 11.9 Å². The van der Waals surface area contributed by atoms with Crippen molar-refractivity contribution in [1.82, 2.24) is 9.13 Å². The third-order valence-electron chi connectivity index (χ3n) is 5.52. The highest BCUT2D eigenvalue weighted by atomic mass is 16.5. The third kappa shape index (κ3) is 2.12. The Morgan fingerprint density at radius 3 is 2.57 bits per heavy atom. The van der Waals surface area contributed by atoms with Crippen LogP contribution in [0.5, 0.6) is 0 Å². The van der Waals surface area contributed by atoms with Gasteiger partial charge < -0.3 is 10.1 Å². The van der Waals surface area contributed by atoms with Crippen molar-refractivity contribution in [3.63, 3.8) is 0 Å². The average molecular weight is 318 g/mol. The molecule has 0 aromatic carbocycles. The summed E-state index contributed by atoms with van der Waals surface area (Å²) in [5.74, 6) is 0.326. The topological polar surface area (TPSA) is 89.1 Å². The molecule has 7 heteroatoms. The molecule has 23 heavy (non-hydrogen) atoms. The molecule has 0 bridgehead atoms. The molecule has 124 valence electrons. The highest BCUT2D eigenvalue weighted by Crippen LogP contribution is 2.58. The van der Waals surface area contributed by atoms with E-state index >= 15 is 0 Å². The lowest BCUT2D eigenvalue weighted by molar-refractivity contribution is -0.157. The maximum Gasteiger partial charge on any atom is 0.332 e. The summed E-state index contributed by atoms with van der Waals surface area (Å²) >= 11 is 0. The average Bonchev–Trinajstić information content (AvgIpc) is 2.47. The van der Waals surface area contributed by atoms with Gasteiger partial charge in [0.15, 0.2) is 5.56 Å². The molecule has 1 aromatic rings. The molecule has 0 saturated heterocycles. The third-order valence-corrected chi connectivity index (χ3v) is 5.52. The summed E-state index contributed by atoms with van der Waals surface area (Å²) in [6, 6.07) is 2.08. The quantitative estimate of drug-likeness (QED) is 0.883. The fourth-order valence-electron chi connectivity index (χ4n) is 3.92. The van der Waals surface area contributed by atoms with Gasteiger partial charge in [-0.05, 0) is 26.2 Å². The molecule has 2 atom stereocenters. The molecule has 0 aliphatic heterocycles. The van der Waals surface area contributed by atoms with Crippen LogP contribution in [0.25, 0.3) is 0 Å². The molecular formula is C16H22N4O3. The zero-order chi connectivity index (χ0) is 16.8. The molecule has 7 nitrogen and oxygen atoms in total. The van der Waals surface area contributed by atoms with Crippen molar-refractivity contribution in [1.29, 1.82) is 5.26 Å². The maximum absolute atomic E-state index is 12.2. The number of hydrogen-bond acceptors (Lipinski definition) is 5. The van der Waals surface area contributed by atoms with E-state index in [0.29, 0.717) is 12.4 Å². The van der Waals surface area contributed by atoms with Gasteiger partial charge in [-0.15, -0.1) is 0 Å². The van der Waals surface area contributed by atoms with Gasteiger partial charge in [-0.25, -0.2) is 4.79 Å². The number of hydrogen-bond donors (Lipinski definition) is 1. The van der Waals surface area contributed by atoms with Crippen LogP contribution in [0.4, 0.5) is 5.82 Å². The van der Waals surface area contributed by atoms with Crippen LogP contribution in [-0.4, -0.2) is 27.9 Å². The Morgan fingerprint density at radius 2 is 2.04 bits per heavy atom. The first-order valence-corrected chi connectivity index (χ1v) is 8.04. The van der Waals surface area contributed by atoms with Crippen LogP contribution in [0.2, 0.25) is 0 Å². The molecule has 1 heterocycles. The van der Waals surface area contributed by atoms with Gasteiger partial charge in [0.2, 0.25) is 0 Å². The van der Waals surface area contributed by atoms with Crippen molar-refractivity contribution < 1.29 is 4.74 Å². The predicted octanol–water partition coefficient (Wildman–Crippen LogP) is 0.715. The van der Waals surface area contributed by atoms with Crippen molar-refractivity contribution in [2.24, 2.45) is 19.5 Å². The lowest BCUT2D eigenvalue weighted by Crippen LogP contribution is -2.65. The molecule has 0 radical (unpaired) electrons. The van der Waals surface area contributed by atoms with E-state index in [2.05, 4.69) is 5.32 Å². The number of nitrogens with zero attached hydrogens (tertiary/aromatic N) is 3. The maximum atomic E-state index is 12.2. The van der Waals surface area contributed by atoms with Gasteiger partial charge in [-0.2, -0.15) is 5.26 Å². The number of nitrogens with one attached hydrogen (secondary N) is 1. The van der Waals surface area contributed by atoms with Gasteiger partial charge in [0.1, 0.15) is 11.9 Å². The Hall–Kier alpha value is -2.07. The molecule has 2 aliphatic carbocycles. The number of aromatic nitrogens is 2. The highest BCUT2D eigenvalue weighted by Gasteiger charge is 2.59. The van der Waals surface area contributed by atoms with Gasteiger partial charge in [-0.1, -0.05) is 6.42 Å². The summed E-state index contributed by atoms with van der Waals surface area (Å²) in [5, 5.41) is 12.6. The largest absolute Gasteiger partial charge is 0.378 e. The van der Waals surface area contributed by atoms with Gasteiger partial charge >= 0.3 is 5.69 Å². The number of ether oxygens (including phenoxy) is 1. The van der Waals surface area contributed by atoms with E-state index in [1.165, 1.54) is 18.0 Å². The Bertz CT molecular complexity index is 782. The van der Waals surface area contributed by atoms with E-state index in [1.807, 2.05) is 13.0 Å². The summed E-state index contributed by atoms with van der Waals surface area (Å²) in [4.78, 5) is 24.3. The fourth-order valence-corrected chi connectivity index (χ4v) is 3.92. The summed E-state index contributed by atoms with van der Waals surface area (Å²) < 4.78 is 8.13. The Kier molecular flexibility index (Phi) is 3.80. The molecule has 2 fully saturated rings. The van der Waals surface area contributed by atoms with Crippen LogP contribution in [0.3, 0.4) is 0 Å². The first-order chi connectivity index (χ1) is 11.0. The molecule has 0 amide bonds. The molecule has 1 N–H and O–H groups in total. The van der Waals surface area contributed by atoms with Crippen molar-refractivity contribution in [2.45, 2.75) is 44.8 Å². The SMILES string of the molecule is CCO[C@@H]1C[C@@H](Nc2c(C#N)c(=O)n(C)c(=O)n2C)C12CCC2. The summed E-state index contributed by atoms with van der Waals surface area (Å²) in [5.41, 5.74) is -0.912. The van der Waals surface area contributed by atoms with Gasteiger partial charge in [0, 0.05) is 32.2 Å². The number of nitriles is 1. The van der Waals surface area contributed by atoms with Crippen molar-refractivity contribution >= 4 is 5.82 Å². The second kappa shape index (κ2) is 5.53. The van der Waals surface area contributed by atoms with Gasteiger partial charge in [0.25, 0.3) is 5.56 Å². The summed E-state index contributed by atoms with van der Waals surface area (Å²) in [6.07, 6.45) is 4.39. The minimum atomic E-state index is -0.554. The summed E-state index contributed by atoms with van der Waals surface area (Å²) in [7, 11) is 2.97. The minimum Gasteiger partial charge on any atom is -0.378 e. The molecule has 2 saturated carbocycles. The van der Waals surface area contributed by atoms with E-state index in [9.17, 15) is 14.9 Å². The van der Waals surface area contributed by atoms with E-state index in [-0.39, 0.29) is 23.1 Å². The molecule has 1 spiro atoms. The van der Waals surface area contributed by atoms with Crippen LogP contribution in [-0.2, 0) is 18.8 Å². The van der Waals surface area contributed by atoms with Crippen LogP contribution in [0.1, 0.15) is 38.2 Å². The van der Waals surface area contributed by atoms with Crippen LogP contribution >= 0.6 is 0 Å². The predicted molar refractivity (Wildman–Crippen MR) is 85.4 cm³/mol. The smallest absolute Gasteiger partial charge is 0.332 e. The minimum absolute atomic E-state index is 0.0102. The van der Waals surface area contributed by atoms with Crippen molar-refractivity contribution in [3.05, 3.63) is 26.4 Å². The molecular weight excluding hydrogens is 296 g/mol. The highest BCUT2D eigenvalue weighted by molar-refractivity contribution is 5.53. The van der Waals surface area contributed by atoms with Crippen LogP contribution in [0, 0.1) is 16.7 Å². The second-order valence-electron chi connectivity index (χ2n) is 6.50. The molecule has 2 aliphatic rings. The molecule has 3 rings (SSSR count). The van der Waals surface area contributed by atoms with E-state index in [0.717, 1.165) is 23.8 Å². The lowest BCUT2D eigenvalue weighted by atomic mass is 9.51. The Balaban J connectivity index is 1.95. The number of anilines is 1. The zero-order valence-corrected chi connectivity index (χ0v) is 13.8. The standard InChI is InChI=1S/C16H22N4O3/c1-4-23-12-8-11(16(12)6-5-7-16)18-13-10(9-17)14(21)20(3)15(22)19(13)2/h11-12,18H,4-8H2,1-3H3/t11-,12-/m1/s1. The van der Waals surface area contributed by atoms with E-state index in [4.69, 9.17) is 4.74 Å². The van der Waals surface area contributed by atoms with Crippen molar-refractivity contribution in [3.8, 4) is 6.07 Å². The Morgan fingerprint density at radius 1 is 1.35 bits per heavy atom. The lowest BCUT2D eigenvalue weighted by Gasteiger charge is -2.61. The van der Waals surface area contributed by atoms with E-state index in [1.54, 1.807) is 7.05 Å². The molecule has 1 aromatic heterocycles. The zero-order valence-electron chi connectivity index (χ0n) is 13.8. The first kappa shape index (κ1) is 15.8. The first-order valence-electron chi connectivity index (χ1n) is 8.04. The number of rotatable bonds is 4.